The first-order chi connectivity index (χ1) is 11.3. The van der Waals surface area contributed by atoms with Crippen molar-refractivity contribution >= 4 is 11.9 Å². The predicted molar refractivity (Wildman–Crippen MR) is 82.3 cm³/mol. The molecule has 0 bridgehead atoms. The number of ether oxygens (including phenoxy) is 1. The van der Waals surface area contributed by atoms with Gasteiger partial charge in [-0.15, -0.1) is 0 Å². The predicted octanol–water partition coefficient (Wildman–Crippen LogP) is 2.73. The number of hydrogen-bond donors (Lipinski definition) is 2. The number of carbonyl (C=O) groups is 2. The molecule has 1 amide bonds. The van der Waals surface area contributed by atoms with E-state index in [9.17, 15) is 23.5 Å². The van der Waals surface area contributed by atoms with Gasteiger partial charge in [0, 0.05) is 18.6 Å². The summed E-state index contributed by atoms with van der Waals surface area (Å²) in [5.74, 6) is -3.67. The zero-order chi connectivity index (χ0) is 17.7. The summed E-state index contributed by atoms with van der Waals surface area (Å²) in [6.45, 7) is 1.80. The van der Waals surface area contributed by atoms with E-state index in [0.29, 0.717) is 13.0 Å². The molecule has 0 saturated carbocycles. The summed E-state index contributed by atoms with van der Waals surface area (Å²) >= 11 is 0. The minimum absolute atomic E-state index is 0.0218. The molecule has 0 aliphatic carbocycles. The van der Waals surface area contributed by atoms with Gasteiger partial charge in [-0.2, -0.15) is 0 Å². The number of halogens is 2. The van der Waals surface area contributed by atoms with Crippen molar-refractivity contribution in [1.82, 2.24) is 5.32 Å². The normalized spacial score (nSPS) is 20.2. The van der Waals surface area contributed by atoms with Crippen LogP contribution >= 0.6 is 0 Å². The molecule has 1 aliphatic heterocycles. The quantitative estimate of drug-likeness (QED) is 0.834. The Balaban J connectivity index is 2.08. The molecule has 2 atom stereocenters. The van der Waals surface area contributed by atoms with Gasteiger partial charge in [0.05, 0.1) is 6.10 Å². The molecule has 0 radical (unpaired) electrons. The summed E-state index contributed by atoms with van der Waals surface area (Å²) in [5.41, 5.74) is -2.46. The van der Waals surface area contributed by atoms with Crippen LogP contribution in [-0.2, 0) is 19.9 Å². The van der Waals surface area contributed by atoms with E-state index < -0.39 is 34.6 Å². The molecule has 1 aromatic rings. The van der Waals surface area contributed by atoms with E-state index in [1.54, 1.807) is 0 Å². The van der Waals surface area contributed by atoms with E-state index in [1.807, 2.05) is 0 Å². The average Bonchev–Trinajstić information content (AvgIpc) is 2.56. The molecular formula is C17H21F2NO4. The van der Waals surface area contributed by atoms with Crippen LogP contribution < -0.4 is 5.32 Å². The van der Waals surface area contributed by atoms with E-state index in [-0.39, 0.29) is 12.5 Å². The van der Waals surface area contributed by atoms with Gasteiger partial charge in [-0.25, -0.2) is 13.6 Å². The van der Waals surface area contributed by atoms with Gasteiger partial charge < -0.3 is 15.2 Å². The third-order valence-corrected chi connectivity index (χ3v) is 4.25. The van der Waals surface area contributed by atoms with Crippen LogP contribution in [-0.4, -0.2) is 29.7 Å². The molecule has 1 aromatic carbocycles. The number of nitrogens with one attached hydrogen (secondary N) is 1. The molecule has 2 rings (SSSR count). The Hall–Kier alpha value is -2.02. The van der Waals surface area contributed by atoms with Crippen LogP contribution in [0.2, 0.25) is 0 Å². The summed E-state index contributed by atoms with van der Waals surface area (Å²) in [6.07, 6.45) is 3.40. The number of carboxylic acids is 1. The fourth-order valence-corrected chi connectivity index (χ4v) is 2.79. The van der Waals surface area contributed by atoms with Crippen molar-refractivity contribution in [2.45, 2.75) is 50.7 Å². The van der Waals surface area contributed by atoms with Gasteiger partial charge in [0.15, 0.2) is 5.54 Å². The van der Waals surface area contributed by atoms with E-state index in [0.717, 1.165) is 44.4 Å². The van der Waals surface area contributed by atoms with Crippen molar-refractivity contribution in [2.24, 2.45) is 0 Å². The molecule has 24 heavy (non-hydrogen) atoms. The van der Waals surface area contributed by atoms with E-state index in [1.165, 1.54) is 0 Å². The molecule has 1 aliphatic rings. The number of hydrogen-bond acceptors (Lipinski definition) is 3. The molecule has 1 fully saturated rings. The summed E-state index contributed by atoms with van der Waals surface area (Å²) in [5, 5.41) is 11.8. The van der Waals surface area contributed by atoms with Crippen LogP contribution in [0.1, 0.15) is 44.6 Å². The minimum Gasteiger partial charge on any atom is -0.479 e. The van der Waals surface area contributed by atoms with Gasteiger partial charge in [0.25, 0.3) is 0 Å². The topological polar surface area (TPSA) is 75.6 Å². The molecule has 1 heterocycles. The van der Waals surface area contributed by atoms with Crippen molar-refractivity contribution in [1.29, 1.82) is 0 Å². The average molecular weight is 341 g/mol. The van der Waals surface area contributed by atoms with Crippen LogP contribution in [0.4, 0.5) is 8.78 Å². The number of rotatable bonds is 6. The zero-order valence-corrected chi connectivity index (χ0v) is 13.5. The van der Waals surface area contributed by atoms with Crippen LogP contribution in [0.3, 0.4) is 0 Å². The van der Waals surface area contributed by atoms with Crippen LogP contribution in [0.15, 0.2) is 18.2 Å². The highest BCUT2D eigenvalue weighted by Crippen LogP contribution is 2.26. The van der Waals surface area contributed by atoms with Crippen molar-refractivity contribution in [3.05, 3.63) is 35.4 Å². The van der Waals surface area contributed by atoms with Crippen molar-refractivity contribution in [3.8, 4) is 0 Å². The number of carbonyl (C=O) groups excluding carboxylic acids is 1. The van der Waals surface area contributed by atoms with Gasteiger partial charge in [0.2, 0.25) is 5.91 Å². The Morgan fingerprint density at radius 2 is 2.12 bits per heavy atom. The summed E-state index contributed by atoms with van der Waals surface area (Å²) in [6, 6.07) is 2.52. The van der Waals surface area contributed by atoms with Crippen molar-refractivity contribution in [2.75, 3.05) is 6.61 Å². The molecule has 1 saturated heterocycles. The maximum atomic E-state index is 14.0. The molecule has 0 spiro atoms. The Morgan fingerprint density at radius 1 is 1.38 bits per heavy atom. The van der Waals surface area contributed by atoms with Crippen LogP contribution in [0.25, 0.3) is 0 Å². The second-order valence-electron chi connectivity index (χ2n) is 6.13. The van der Waals surface area contributed by atoms with Crippen molar-refractivity contribution in [3.63, 3.8) is 0 Å². The monoisotopic (exact) mass is 341 g/mol. The molecule has 0 unspecified atom stereocenters. The molecule has 0 aromatic heterocycles. The maximum Gasteiger partial charge on any atom is 0.333 e. The summed E-state index contributed by atoms with van der Waals surface area (Å²) in [7, 11) is 0. The first-order valence-corrected chi connectivity index (χ1v) is 7.94. The second-order valence-corrected chi connectivity index (χ2v) is 6.13. The minimum atomic E-state index is -2.04. The highest BCUT2D eigenvalue weighted by atomic mass is 19.1. The van der Waals surface area contributed by atoms with Gasteiger partial charge in [-0.05, 0) is 50.8 Å². The standard InChI is InChI=1S/C17H21F2NO4/c1-17(16(22)23,13-10-11(18)5-7-14(13)19)20-15(21)8-6-12-4-2-3-9-24-12/h5,7,10,12H,2-4,6,8-9H2,1H3,(H,20,21)(H,22,23)/t12-,17+/m0/s1. The Morgan fingerprint density at radius 3 is 2.75 bits per heavy atom. The second kappa shape index (κ2) is 7.70. The highest BCUT2D eigenvalue weighted by Gasteiger charge is 2.39. The zero-order valence-electron chi connectivity index (χ0n) is 13.5. The number of carboxylic acid groups (broad SMARTS) is 1. The third kappa shape index (κ3) is 4.29. The van der Waals surface area contributed by atoms with Gasteiger partial charge >= 0.3 is 5.97 Å². The van der Waals surface area contributed by atoms with Gasteiger partial charge in [-0.3, -0.25) is 4.79 Å². The lowest BCUT2D eigenvalue weighted by atomic mass is 9.91. The lowest BCUT2D eigenvalue weighted by Gasteiger charge is -2.28. The van der Waals surface area contributed by atoms with E-state index >= 15 is 0 Å². The SMILES string of the molecule is C[C@](NC(=O)CC[C@@H]1CCCCO1)(C(=O)O)c1cc(F)ccc1F. The van der Waals surface area contributed by atoms with Gasteiger partial charge in [-0.1, -0.05) is 0 Å². The van der Waals surface area contributed by atoms with Crippen molar-refractivity contribution < 1.29 is 28.2 Å². The lowest BCUT2D eigenvalue weighted by Crippen LogP contribution is -2.50. The Labute approximate surface area is 139 Å². The van der Waals surface area contributed by atoms with Gasteiger partial charge in [0.1, 0.15) is 11.6 Å². The molecule has 2 N–H and O–H groups in total. The number of amides is 1. The highest BCUT2D eigenvalue weighted by molar-refractivity contribution is 5.87. The first kappa shape index (κ1) is 18.3. The molecule has 132 valence electrons. The lowest BCUT2D eigenvalue weighted by molar-refractivity contribution is -0.147. The van der Waals surface area contributed by atoms with E-state index in [4.69, 9.17) is 4.74 Å². The fourth-order valence-electron chi connectivity index (χ4n) is 2.79. The van der Waals surface area contributed by atoms with Crippen LogP contribution in [0, 0.1) is 11.6 Å². The molecule has 5 nitrogen and oxygen atoms in total. The Bertz CT molecular complexity index is 617. The molecule has 7 heteroatoms. The first-order valence-electron chi connectivity index (χ1n) is 7.94. The summed E-state index contributed by atoms with van der Waals surface area (Å²) < 4.78 is 32.9. The fraction of sp³-hybridized carbons (Fsp3) is 0.529. The Kier molecular flexibility index (Phi) is 5.88. The van der Waals surface area contributed by atoms with E-state index in [2.05, 4.69) is 5.32 Å². The smallest absolute Gasteiger partial charge is 0.333 e. The molecular weight excluding hydrogens is 320 g/mol. The number of aliphatic carboxylic acids is 1. The summed E-state index contributed by atoms with van der Waals surface area (Å²) in [4.78, 5) is 23.7. The van der Waals surface area contributed by atoms with Crippen LogP contribution in [0.5, 0.6) is 0 Å². The maximum absolute atomic E-state index is 14.0. The third-order valence-electron chi connectivity index (χ3n) is 4.25. The largest absolute Gasteiger partial charge is 0.479 e. The number of benzene rings is 1.